The van der Waals surface area contributed by atoms with E-state index in [1.807, 2.05) is 237 Å². The van der Waals surface area contributed by atoms with Crippen LogP contribution in [0, 0.1) is 30.3 Å². The molecule has 0 unspecified atom stereocenters. The van der Waals surface area contributed by atoms with Gasteiger partial charge in [0.15, 0.2) is 0 Å². The van der Waals surface area contributed by atoms with Crippen molar-refractivity contribution in [1.29, 1.82) is 0 Å². The summed E-state index contributed by atoms with van der Waals surface area (Å²) in [5.41, 5.74) is 18.1. The monoisotopic (exact) mass is 1610 g/mol. The molecule has 0 saturated carbocycles. The van der Waals surface area contributed by atoms with Crippen LogP contribution in [0.2, 0.25) is 0 Å². The molecule has 0 aliphatic carbocycles. The number of aryl methyl sites for hydroxylation is 2. The molecule has 0 atom stereocenters. The second-order valence-corrected chi connectivity index (χ2v) is 20.2. The van der Waals surface area contributed by atoms with Crippen LogP contribution in [-0.4, -0.2) is 54.3 Å². The summed E-state index contributed by atoms with van der Waals surface area (Å²) in [7, 11) is 2.00. The van der Waals surface area contributed by atoms with E-state index in [4.69, 9.17) is 19.0 Å². The van der Waals surface area contributed by atoms with Gasteiger partial charge in [-0.2, -0.15) is 0 Å². The molecule has 0 amide bonds. The molecule has 8 aromatic heterocycles. The summed E-state index contributed by atoms with van der Waals surface area (Å²) < 4.78 is 12.1. The molecule has 2 N–H and O–H groups in total. The zero-order chi connectivity index (χ0) is 65.4. The van der Waals surface area contributed by atoms with Crippen LogP contribution in [0.25, 0.3) is 111 Å². The number of aliphatic hydroxyl groups excluding tert-OH is 2. The normalized spacial score (nSPS) is 9.90. The molecular weight excluding hydrogens is 1540 g/mol. The quantitative estimate of drug-likeness (QED) is 0.141. The fourth-order valence-electron chi connectivity index (χ4n) is 9.80. The van der Waals surface area contributed by atoms with Gasteiger partial charge >= 0.3 is 40.2 Å². The van der Waals surface area contributed by atoms with Crippen molar-refractivity contribution < 1.29 is 59.3 Å². The molecule has 96 heavy (non-hydrogen) atoms. The Morgan fingerprint density at radius 2 is 0.635 bits per heavy atom. The van der Waals surface area contributed by atoms with Crippen molar-refractivity contribution in [3.05, 3.63) is 352 Å². The SMILES string of the molecule is CCc1ccnc(-c2[c-]ccc3c2oc2ccccc23)c1.CCc1ccnc(-c2cccc3c2oc2ccccc23)c1.CO.CO.[Ir+3].[Ir+3].[c-]1ccccc1-c1ccccn1.[c-]1ccccc1-c1ccccn1.[c-]1ccccc1-c1ccccn1.[c-]1ccccc1-c1ccccn1. The van der Waals surface area contributed by atoms with E-state index in [-0.39, 0.29) is 40.2 Å². The van der Waals surface area contributed by atoms with Crippen LogP contribution >= 0.6 is 0 Å². The summed E-state index contributed by atoms with van der Waals surface area (Å²) in [5.74, 6) is 0. The summed E-state index contributed by atoms with van der Waals surface area (Å²) in [6.07, 6.45) is 12.9. The van der Waals surface area contributed by atoms with Gasteiger partial charge in [0.1, 0.15) is 16.7 Å². The minimum atomic E-state index is 0. The first-order chi connectivity index (χ1) is 46.6. The predicted octanol–water partition coefficient (Wildman–Crippen LogP) is 19.6. The smallest absolute Gasteiger partial charge is 0.501 e. The van der Waals surface area contributed by atoms with E-state index in [0.717, 1.165) is 138 Å². The fourth-order valence-corrected chi connectivity index (χ4v) is 9.80. The van der Waals surface area contributed by atoms with Crippen molar-refractivity contribution in [2.75, 3.05) is 14.2 Å². The molecule has 0 fully saturated rings. The molecule has 10 nitrogen and oxygen atoms in total. The van der Waals surface area contributed by atoms with E-state index >= 15 is 0 Å². The third-order valence-corrected chi connectivity index (χ3v) is 14.3. The number of rotatable bonds is 8. The van der Waals surface area contributed by atoms with Crippen molar-refractivity contribution in [2.45, 2.75) is 26.7 Å². The molecule has 0 radical (unpaired) electrons. The number of aromatic nitrogens is 6. The van der Waals surface area contributed by atoms with Crippen LogP contribution in [0.15, 0.2) is 319 Å². The fraction of sp³-hybridized carbons (Fsp3) is 0.0714. The number of hydrogen-bond donors (Lipinski definition) is 2. The summed E-state index contributed by atoms with van der Waals surface area (Å²) in [4.78, 5) is 25.9. The van der Waals surface area contributed by atoms with E-state index < -0.39 is 0 Å². The largest absolute Gasteiger partial charge is 3.00 e. The van der Waals surface area contributed by atoms with Gasteiger partial charge in [0.2, 0.25) is 0 Å². The number of benzene rings is 8. The average molecular weight is 1610 g/mol. The number of hydrogen-bond acceptors (Lipinski definition) is 10. The summed E-state index contributed by atoms with van der Waals surface area (Å²) >= 11 is 0. The second kappa shape index (κ2) is 39.9. The Hall–Kier alpha value is -10.5. The molecular formula is C84H69Ir2N6O4+. The van der Waals surface area contributed by atoms with Crippen LogP contribution in [-0.2, 0) is 53.1 Å². The van der Waals surface area contributed by atoms with E-state index in [9.17, 15) is 0 Å². The molecule has 0 saturated heterocycles. The Morgan fingerprint density at radius 3 is 1.02 bits per heavy atom. The average Bonchev–Trinajstić information content (AvgIpc) is 1.63. The zero-order valence-corrected chi connectivity index (χ0v) is 58.2. The molecule has 16 rings (SSSR count). The summed E-state index contributed by atoms with van der Waals surface area (Å²) in [6.45, 7) is 4.30. The maximum absolute atomic E-state index is 7.00. The van der Waals surface area contributed by atoms with Gasteiger partial charge in [0.25, 0.3) is 0 Å². The Labute approximate surface area is 588 Å². The Bertz CT molecular complexity index is 4180. The molecule has 476 valence electrons. The summed E-state index contributed by atoms with van der Waals surface area (Å²) in [6, 6.07) is 105. The zero-order valence-electron chi connectivity index (χ0n) is 53.4. The number of para-hydroxylation sites is 3. The third kappa shape index (κ3) is 20.2. The second-order valence-electron chi connectivity index (χ2n) is 20.2. The van der Waals surface area contributed by atoms with Gasteiger partial charge in [-0.25, -0.2) is 0 Å². The van der Waals surface area contributed by atoms with Crippen molar-refractivity contribution >= 4 is 43.9 Å². The van der Waals surface area contributed by atoms with Gasteiger partial charge < -0.3 is 44.0 Å². The van der Waals surface area contributed by atoms with E-state index in [2.05, 4.69) is 123 Å². The number of nitrogens with zero attached hydrogens (tertiary/aromatic N) is 6. The van der Waals surface area contributed by atoms with Gasteiger partial charge in [0, 0.05) is 73.1 Å². The van der Waals surface area contributed by atoms with Crippen molar-refractivity contribution in [3.8, 4) is 67.5 Å². The van der Waals surface area contributed by atoms with Crippen molar-refractivity contribution in [3.63, 3.8) is 0 Å². The summed E-state index contributed by atoms with van der Waals surface area (Å²) in [5, 5.41) is 18.5. The van der Waals surface area contributed by atoms with Crippen molar-refractivity contribution in [2.24, 2.45) is 0 Å². The first-order valence-corrected chi connectivity index (χ1v) is 30.6. The molecule has 0 aliphatic heterocycles. The number of pyridine rings is 6. The number of furan rings is 2. The minimum Gasteiger partial charge on any atom is -0.501 e. The maximum atomic E-state index is 7.00. The first-order valence-electron chi connectivity index (χ1n) is 30.6. The molecule has 16 aromatic rings. The number of fused-ring (bicyclic) bond motifs is 6. The van der Waals surface area contributed by atoms with Gasteiger partial charge in [-0.15, -0.1) is 162 Å². The first kappa shape index (κ1) is 72.9. The van der Waals surface area contributed by atoms with Crippen molar-refractivity contribution in [1.82, 2.24) is 29.9 Å². The standard InChI is InChI=1S/C19H15NO.C19H14NO.4C11H8N.2CH4O.2Ir/c2*1-2-13-10-11-20-17(12-13)16-8-5-7-15-14-6-3-4-9-18(14)21-19(15)16;4*1-2-6-10(7-3-1)11-8-4-5-9-12-11;2*1-2;;/h3-12H,2H2,1H3;3-7,9-12H,2H2,1H3;4*1-6,8-9H;2*2H,1H3;;/q;5*-1;;;2*+3. The Kier molecular flexibility index (Phi) is 30.3. The molecule has 12 heteroatoms. The van der Waals surface area contributed by atoms with E-state index in [0.29, 0.717) is 0 Å². The van der Waals surface area contributed by atoms with E-state index in [1.54, 1.807) is 24.8 Å². The third-order valence-electron chi connectivity index (χ3n) is 14.3. The topological polar surface area (TPSA) is 144 Å². The Morgan fingerprint density at radius 1 is 0.292 bits per heavy atom. The molecule has 8 aromatic carbocycles. The molecule has 8 heterocycles. The van der Waals surface area contributed by atoms with Crippen LogP contribution in [0.3, 0.4) is 0 Å². The van der Waals surface area contributed by atoms with Gasteiger partial charge in [0.05, 0.1) is 11.3 Å². The molecule has 0 aliphatic rings. The number of aliphatic hydroxyl groups is 2. The van der Waals surface area contributed by atoms with Gasteiger partial charge in [-0.1, -0.05) is 133 Å². The predicted molar refractivity (Wildman–Crippen MR) is 382 cm³/mol. The van der Waals surface area contributed by atoms with Crippen LogP contribution in [0.4, 0.5) is 0 Å². The van der Waals surface area contributed by atoms with Gasteiger partial charge in [-0.05, 0) is 108 Å². The van der Waals surface area contributed by atoms with Crippen LogP contribution < -0.4 is 0 Å². The maximum Gasteiger partial charge on any atom is 3.00 e. The molecule has 0 spiro atoms. The van der Waals surface area contributed by atoms with E-state index in [1.165, 1.54) is 11.1 Å². The minimum absolute atomic E-state index is 0. The Balaban J connectivity index is 0.000000163. The van der Waals surface area contributed by atoms with Gasteiger partial charge in [-0.3, -0.25) is 4.98 Å². The van der Waals surface area contributed by atoms with Crippen LogP contribution in [0.5, 0.6) is 0 Å². The van der Waals surface area contributed by atoms with Crippen LogP contribution in [0.1, 0.15) is 25.0 Å². The molecule has 0 bridgehead atoms.